The minimum Gasteiger partial charge on any atom is -0.393 e. The Morgan fingerprint density at radius 2 is 0.963 bits per heavy atom. The van der Waals surface area contributed by atoms with Crippen LogP contribution >= 0.6 is 0 Å². The number of ether oxygens (including phenoxy) is 1. The highest BCUT2D eigenvalue weighted by Gasteiger charge is 2.20. The average Bonchev–Trinajstić information content (AvgIpc) is 2.63. The first kappa shape index (κ1) is 26.1. The van der Waals surface area contributed by atoms with Crippen molar-refractivity contribution in [1.29, 1.82) is 0 Å². The van der Waals surface area contributed by atoms with Crippen LogP contribution in [0.4, 0.5) is 0 Å². The van der Waals surface area contributed by atoms with E-state index in [-0.39, 0.29) is 11.9 Å². The molecule has 0 aliphatic carbocycles. The van der Waals surface area contributed by atoms with E-state index in [2.05, 4.69) is 13.8 Å². The van der Waals surface area contributed by atoms with Gasteiger partial charge in [-0.3, -0.25) is 9.59 Å². The third kappa shape index (κ3) is 18.3. The van der Waals surface area contributed by atoms with E-state index in [9.17, 15) is 9.59 Å². The van der Waals surface area contributed by atoms with Crippen LogP contribution in [0, 0.1) is 5.92 Å². The molecule has 0 saturated heterocycles. The Labute approximate surface area is 169 Å². The third-order valence-electron chi connectivity index (χ3n) is 5.39. The van der Waals surface area contributed by atoms with Crippen LogP contribution in [0.2, 0.25) is 0 Å². The number of carbonyl (C=O) groups excluding carboxylic acids is 2. The third-order valence-corrected chi connectivity index (χ3v) is 5.39. The minimum atomic E-state index is -0.484. The lowest BCUT2D eigenvalue weighted by atomic mass is 9.95. The molecule has 0 aliphatic heterocycles. The Morgan fingerprint density at radius 3 is 1.37 bits per heavy atom. The zero-order valence-electron chi connectivity index (χ0n) is 18.5. The molecule has 0 aromatic heterocycles. The highest BCUT2D eigenvalue weighted by molar-refractivity contribution is 5.85. The fourth-order valence-electron chi connectivity index (χ4n) is 3.64. The summed E-state index contributed by atoms with van der Waals surface area (Å²) >= 11 is 0. The molecule has 1 unspecified atom stereocenters. The van der Waals surface area contributed by atoms with Crippen LogP contribution in [0.15, 0.2) is 0 Å². The van der Waals surface area contributed by atoms with Gasteiger partial charge in [-0.15, -0.1) is 0 Å². The zero-order valence-corrected chi connectivity index (χ0v) is 18.5. The molecule has 0 aromatic rings. The first-order valence-corrected chi connectivity index (χ1v) is 11.8. The Balaban J connectivity index is 3.53. The van der Waals surface area contributed by atoms with Gasteiger partial charge in [-0.2, -0.15) is 0 Å². The Morgan fingerprint density at radius 1 is 0.593 bits per heavy atom. The maximum absolute atomic E-state index is 12.0. The van der Waals surface area contributed by atoms with E-state index in [1.54, 1.807) is 0 Å². The van der Waals surface area contributed by atoms with Crippen LogP contribution in [-0.4, -0.2) is 11.9 Å². The number of esters is 2. The maximum atomic E-state index is 12.0. The molecular formula is C24H46O3. The Bertz CT molecular complexity index is 352. The molecule has 160 valence electrons. The van der Waals surface area contributed by atoms with E-state index >= 15 is 0 Å². The predicted octanol–water partition coefficient (Wildman–Crippen LogP) is 7.75. The van der Waals surface area contributed by atoms with Crippen molar-refractivity contribution in [1.82, 2.24) is 0 Å². The molecule has 3 heteroatoms. The SMILES string of the molecule is CCCCCCCCCCCCCCCCC(CCCC)C(=O)OC(C)=O. The van der Waals surface area contributed by atoms with E-state index in [0.717, 1.165) is 32.1 Å². The molecule has 3 nitrogen and oxygen atoms in total. The summed E-state index contributed by atoms with van der Waals surface area (Å²) in [6.07, 6.45) is 22.6. The molecule has 1 atom stereocenters. The molecule has 0 fully saturated rings. The van der Waals surface area contributed by atoms with Crippen LogP contribution in [0.25, 0.3) is 0 Å². The molecule has 0 rings (SSSR count). The lowest BCUT2D eigenvalue weighted by Crippen LogP contribution is -2.20. The summed E-state index contributed by atoms with van der Waals surface area (Å²) in [6.45, 7) is 5.70. The number of hydrogen-bond acceptors (Lipinski definition) is 3. The normalized spacial score (nSPS) is 12.1. The summed E-state index contributed by atoms with van der Waals surface area (Å²) in [5.41, 5.74) is 0. The van der Waals surface area contributed by atoms with E-state index in [1.165, 1.54) is 90.4 Å². The lowest BCUT2D eigenvalue weighted by Gasteiger charge is -2.14. The van der Waals surface area contributed by atoms with E-state index in [1.807, 2.05) is 0 Å². The minimum absolute atomic E-state index is 0.0915. The second-order valence-electron chi connectivity index (χ2n) is 8.14. The summed E-state index contributed by atoms with van der Waals surface area (Å²) < 4.78 is 4.80. The van der Waals surface area contributed by atoms with Crippen molar-refractivity contribution in [2.75, 3.05) is 0 Å². The van der Waals surface area contributed by atoms with Crippen molar-refractivity contribution in [3.8, 4) is 0 Å². The van der Waals surface area contributed by atoms with Crippen molar-refractivity contribution in [3.63, 3.8) is 0 Å². The number of hydrogen-bond donors (Lipinski definition) is 0. The van der Waals surface area contributed by atoms with Crippen molar-refractivity contribution >= 4 is 11.9 Å². The van der Waals surface area contributed by atoms with Gasteiger partial charge in [0.25, 0.3) is 0 Å². The smallest absolute Gasteiger partial charge is 0.316 e. The lowest BCUT2D eigenvalue weighted by molar-refractivity contribution is -0.161. The zero-order chi connectivity index (χ0) is 20.2. The van der Waals surface area contributed by atoms with Crippen LogP contribution in [0.3, 0.4) is 0 Å². The van der Waals surface area contributed by atoms with Gasteiger partial charge >= 0.3 is 11.9 Å². The van der Waals surface area contributed by atoms with Crippen LogP contribution in [0.1, 0.15) is 136 Å². The van der Waals surface area contributed by atoms with Gasteiger partial charge in [0.2, 0.25) is 0 Å². The van der Waals surface area contributed by atoms with Gasteiger partial charge in [0.1, 0.15) is 0 Å². The van der Waals surface area contributed by atoms with Crippen LogP contribution < -0.4 is 0 Å². The van der Waals surface area contributed by atoms with Crippen molar-refractivity contribution in [3.05, 3.63) is 0 Å². The fourth-order valence-corrected chi connectivity index (χ4v) is 3.64. The molecule has 0 spiro atoms. The molecule has 0 heterocycles. The molecular weight excluding hydrogens is 336 g/mol. The second kappa shape index (κ2) is 19.9. The molecule has 0 amide bonds. The predicted molar refractivity (Wildman–Crippen MR) is 115 cm³/mol. The Kier molecular flexibility index (Phi) is 19.3. The van der Waals surface area contributed by atoms with Gasteiger partial charge in [0, 0.05) is 6.92 Å². The largest absolute Gasteiger partial charge is 0.393 e. The standard InChI is InChI=1S/C24H46O3/c1-4-6-8-9-10-11-12-13-14-15-16-17-18-19-21-23(20-7-5-2)24(26)27-22(3)25/h23H,4-21H2,1-3H3. The number of unbranched alkanes of at least 4 members (excludes halogenated alkanes) is 14. The van der Waals surface area contributed by atoms with Gasteiger partial charge in [0.15, 0.2) is 0 Å². The first-order valence-electron chi connectivity index (χ1n) is 11.8. The molecule has 27 heavy (non-hydrogen) atoms. The quantitative estimate of drug-likeness (QED) is 0.130. The van der Waals surface area contributed by atoms with Crippen molar-refractivity contribution in [2.24, 2.45) is 5.92 Å². The summed E-state index contributed by atoms with van der Waals surface area (Å²) in [5.74, 6) is -0.890. The van der Waals surface area contributed by atoms with Gasteiger partial charge in [-0.25, -0.2) is 0 Å². The highest BCUT2D eigenvalue weighted by atomic mass is 16.6. The Hall–Kier alpha value is -0.860. The maximum Gasteiger partial charge on any atom is 0.316 e. The molecule has 0 aromatic carbocycles. The monoisotopic (exact) mass is 382 g/mol. The van der Waals surface area contributed by atoms with Gasteiger partial charge in [-0.05, 0) is 12.8 Å². The molecule has 0 radical (unpaired) electrons. The second-order valence-corrected chi connectivity index (χ2v) is 8.14. The van der Waals surface area contributed by atoms with Gasteiger partial charge < -0.3 is 4.74 Å². The van der Waals surface area contributed by atoms with Gasteiger partial charge in [0.05, 0.1) is 5.92 Å². The first-order chi connectivity index (χ1) is 13.1. The van der Waals surface area contributed by atoms with Crippen molar-refractivity contribution in [2.45, 2.75) is 136 Å². The van der Waals surface area contributed by atoms with Crippen molar-refractivity contribution < 1.29 is 14.3 Å². The van der Waals surface area contributed by atoms with E-state index in [0.29, 0.717) is 0 Å². The van der Waals surface area contributed by atoms with Gasteiger partial charge in [-0.1, -0.05) is 117 Å². The summed E-state index contributed by atoms with van der Waals surface area (Å²) in [6, 6.07) is 0. The van der Waals surface area contributed by atoms with E-state index in [4.69, 9.17) is 4.74 Å². The summed E-state index contributed by atoms with van der Waals surface area (Å²) in [7, 11) is 0. The summed E-state index contributed by atoms with van der Waals surface area (Å²) in [5, 5.41) is 0. The summed E-state index contributed by atoms with van der Waals surface area (Å²) in [4.78, 5) is 23.0. The van der Waals surface area contributed by atoms with Crippen LogP contribution in [0.5, 0.6) is 0 Å². The average molecular weight is 383 g/mol. The molecule has 0 aliphatic rings. The highest BCUT2D eigenvalue weighted by Crippen LogP contribution is 2.20. The molecule has 0 saturated carbocycles. The topological polar surface area (TPSA) is 43.4 Å². The van der Waals surface area contributed by atoms with E-state index < -0.39 is 5.97 Å². The number of rotatable bonds is 19. The molecule has 0 bridgehead atoms. The number of carbonyl (C=O) groups is 2. The fraction of sp³-hybridized carbons (Fsp3) is 0.917. The van der Waals surface area contributed by atoms with Crippen LogP contribution in [-0.2, 0) is 14.3 Å². The molecule has 0 N–H and O–H groups in total.